The van der Waals surface area contributed by atoms with E-state index in [1.807, 2.05) is 76.2 Å². The SMILES string of the molecule is Cc1nc2cc3nn2c(c1[C@H](OC(C)(C)C)C(=O)O)N1CCC(C)(CC1)OCC=CCOc1ccccc1-c1cccc-3c1. The predicted molar refractivity (Wildman–Crippen MR) is 170 cm³/mol. The van der Waals surface area contributed by atoms with Gasteiger partial charge in [0.1, 0.15) is 18.2 Å². The minimum absolute atomic E-state index is 0.318. The zero-order valence-corrected chi connectivity index (χ0v) is 26.0. The molecule has 2 aromatic heterocycles. The fourth-order valence-electron chi connectivity index (χ4n) is 5.99. The van der Waals surface area contributed by atoms with Crippen LogP contribution in [0.15, 0.2) is 66.7 Å². The number of aliphatic carboxylic acids is 1. The van der Waals surface area contributed by atoms with Crippen LogP contribution in [0.3, 0.4) is 0 Å². The van der Waals surface area contributed by atoms with Crippen molar-refractivity contribution in [1.82, 2.24) is 14.6 Å². The number of hydrogen-bond acceptors (Lipinski definition) is 7. The summed E-state index contributed by atoms with van der Waals surface area (Å²) in [6, 6.07) is 18.2. The third-order valence-corrected chi connectivity index (χ3v) is 8.27. The number of carbonyl (C=O) groups is 1. The Morgan fingerprint density at radius 3 is 2.50 bits per heavy atom. The predicted octanol–water partition coefficient (Wildman–Crippen LogP) is 6.64. The molecule has 2 aromatic carbocycles. The number of ether oxygens (including phenoxy) is 3. The topological polar surface area (TPSA) is 98.4 Å². The number of aromatic nitrogens is 3. The largest absolute Gasteiger partial charge is 0.489 e. The summed E-state index contributed by atoms with van der Waals surface area (Å²) in [5.41, 5.74) is 4.42. The van der Waals surface area contributed by atoms with Gasteiger partial charge in [-0.3, -0.25) is 0 Å². The van der Waals surface area contributed by atoms with Crippen LogP contribution in [0.2, 0.25) is 0 Å². The van der Waals surface area contributed by atoms with Gasteiger partial charge in [-0.15, -0.1) is 0 Å². The molecule has 3 aliphatic rings. The molecule has 44 heavy (non-hydrogen) atoms. The Hall–Kier alpha value is -4.21. The van der Waals surface area contributed by atoms with Crippen LogP contribution in [0.4, 0.5) is 5.82 Å². The van der Waals surface area contributed by atoms with Gasteiger partial charge in [0.15, 0.2) is 11.8 Å². The van der Waals surface area contributed by atoms with Crippen LogP contribution in [0, 0.1) is 6.92 Å². The smallest absolute Gasteiger partial charge is 0.337 e. The molecule has 7 rings (SSSR count). The van der Waals surface area contributed by atoms with Gasteiger partial charge >= 0.3 is 5.97 Å². The van der Waals surface area contributed by atoms with E-state index in [-0.39, 0.29) is 5.60 Å². The fourth-order valence-corrected chi connectivity index (χ4v) is 5.99. The monoisotopic (exact) mass is 596 g/mol. The van der Waals surface area contributed by atoms with Gasteiger partial charge in [0, 0.05) is 36.0 Å². The lowest BCUT2D eigenvalue weighted by atomic mass is 9.92. The third-order valence-electron chi connectivity index (χ3n) is 8.27. The molecule has 0 aliphatic carbocycles. The van der Waals surface area contributed by atoms with Gasteiger partial charge in [0.25, 0.3) is 0 Å². The Labute approximate surface area is 258 Å². The first-order valence-corrected chi connectivity index (χ1v) is 15.2. The minimum atomic E-state index is -1.22. The van der Waals surface area contributed by atoms with Gasteiger partial charge in [0.2, 0.25) is 0 Å². The molecule has 1 N–H and O–H groups in total. The molecule has 9 heteroatoms. The van der Waals surface area contributed by atoms with E-state index in [4.69, 9.17) is 24.3 Å². The molecule has 4 aromatic rings. The van der Waals surface area contributed by atoms with Crippen LogP contribution in [0.1, 0.15) is 57.9 Å². The van der Waals surface area contributed by atoms with Crippen LogP contribution < -0.4 is 9.64 Å². The normalized spacial score (nSPS) is 17.4. The summed E-state index contributed by atoms with van der Waals surface area (Å²) >= 11 is 0. The van der Waals surface area contributed by atoms with Crippen LogP contribution in [-0.4, -0.2) is 63.2 Å². The maximum atomic E-state index is 12.7. The summed E-state index contributed by atoms with van der Waals surface area (Å²) in [4.78, 5) is 19.8. The number of piperidine rings is 1. The summed E-state index contributed by atoms with van der Waals surface area (Å²) in [5.74, 6) is 0.434. The van der Waals surface area contributed by atoms with Crippen molar-refractivity contribution in [2.24, 2.45) is 0 Å². The molecular weight excluding hydrogens is 556 g/mol. The van der Waals surface area contributed by atoms with E-state index in [0.29, 0.717) is 49.0 Å². The number of aryl methyl sites for hydroxylation is 1. The quantitative estimate of drug-likeness (QED) is 0.263. The van der Waals surface area contributed by atoms with Crippen molar-refractivity contribution in [1.29, 1.82) is 0 Å². The Balaban J connectivity index is 1.55. The molecule has 0 unspecified atom stereocenters. The summed E-state index contributed by atoms with van der Waals surface area (Å²) in [6.45, 7) is 11.8. The highest BCUT2D eigenvalue weighted by Gasteiger charge is 2.37. The molecule has 0 radical (unpaired) electrons. The number of nitrogens with zero attached hydrogens (tertiary/aromatic N) is 4. The van der Waals surface area contributed by atoms with Gasteiger partial charge in [-0.05, 0) is 71.2 Å². The molecule has 0 spiro atoms. The van der Waals surface area contributed by atoms with Gasteiger partial charge in [-0.2, -0.15) is 9.61 Å². The second-order valence-corrected chi connectivity index (χ2v) is 12.8. The molecule has 230 valence electrons. The van der Waals surface area contributed by atoms with Crippen molar-refractivity contribution >= 4 is 17.4 Å². The first-order valence-electron chi connectivity index (χ1n) is 15.2. The molecule has 6 bridgehead atoms. The van der Waals surface area contributed by atoms with E-state index in [1.54, 1.807) is 4.52 Å². The molecular formula is C35H40N4O5. The van der Waals surface area contributed by atoms with Crippen molar-refractivity contribution in [2.75, 3.05) is 31.2 Å². The molecule has 0 amide bonds. The zero-order chi connectivity index (χ0) is 31.1. The van der Waals surface area contributed by atoms with Crippen LogP contribution >= 0.6 is 0 Å². The number of benzene rings is 2. The summed E-state index contributed by atoms with van der Waals surface area (Å²) in [6.07, 6.45) is 4.32. The van der Waals surface area contributed by atoms with Gasteiger partial charge in [0.05, 0.1) is 29.1 Å². The number of rotatable bonds is 3. The second kappa shape index (κ2) is 11.7. The van der Waals surface area contributed by atoms with Crippen molar-refractivity contribution in [2.45, 2.75) is 64.8 Å². The van der Waals surface area contributed by atoms with Crippen molar-refractivity contribution in [3.63, 3.8) is 0 Å². The van der Waals surface area contributed by atoms with Gasteiger partial charge in [-0.25, -0.2) is 9.78 Å². The maximum Gasteiger partial charge on any atom is 0.337 e. The minimum Gasteiger partial charge on any atom is -0.489 e. The highest BCUT2D eigenvalue weighted by atomic mass is 16.5. The van der Waals surface area contributed by atoms with Crippen LogP contribution in [0.5, 0.6) is 5.75 Å². The lowest BCUT2D eigenvalue weighted by molar-refractivity contribution is -0.160. The van der Waals surface area contributed by atoms with E-state index in [2.05, 4.69) is 30.0 Å². The molecule has 0 saturated carbocycles. The summed E-state index contributed by atoms with van der Waals surface area (Å²) in [7, 11) is 0. The number of hydrogen-bond donors (Lipinski definition) is 1. The Morgan fingerprint density at radius 2 is 1.75 bits per heavy atom. The summed E-state index contributed by atoms with van der Waals surface area (Å²) in [5, 5.41) is 15.5. The van der Waals surface area contributed by atoms with Crippen LogP contribution in [0.25, 0.3) is 28.0 Å². The lowest BCUT2D eigenvalue weighted by Gasteiger charge is -2.41. The van der Waals surface area contributed by atoms with Crippen LogP contribution in [-0.2, 0) is 14.3 Å². The number of carboxylic acids is 1. The van der Waals surface area contributed by atoms with Gasteiger partial charge in [-0.1, -0.05) is 42.5 Å². The summed E-state index contributed by atoms with van der Waals surface area (Å²) < 4.78 is 20.5. The van der Waals surface area contributed by atoms with E-state index in [0.717, 1.165) is 41.0 Å². The first-order chi connectivity index (χ1) is 21.0. The number of fused-ring (bicyclic) bond motifs is 6. The standard InChI is InChI=1S/C35H40N4O5/c1-23-30(31(33(40)41)44-34(2,3)4)32-38-17-15-35(5,16-18-38)43-20-9-8-19-42-28-14-7-6-13-26(28)24-11-10-12-25(21-24)27-22-29(36-23)39(32)37-27/h6-14,21-22,31H,15-20H2,1-5H3,(H,40,41)/t31-/m0/s1. The number of anilines is 1. The lowest BCUT2D eigenvalue weighted by Crippen LogP contribution is -2.45. The molecule has 1 saturated heterocycles. The van der Waals surface area contributed by atoms with E-state index in [1.165, 1.54) is 0 Å². The average molecular weight is 597 g/mol. The average Bonchev–Trinajstić information content (AvgIpc) is 3.41. The molecule has 9 nitrogen and oxygen atoms in total. The molecule has 3 aliphatic heterocycles. The second-order valence-electron chi connectivity index (χ2n) is 12.8. The zero-order valence-electron chi connectivity index (χ0n) is 26.0. The van der Waals surface area contributed by atoms with Crippen molar-refractivity contribution in [3.8, 4) is 28.1 Å². The molecule has 1 fully saturated rings. The number of carboxylic acid groups (broad SMARTS) is 1. The molecule has 5 heterocycles. The number of para-hydroxylation sites is 1. The fraction of sp³-hybridized carbons (Fsp3) is 0.400. The Bertz CT molecular complexity index is 1710. The Morgan fingerprint density at radius 1 is 1.02 bits per heavy atom. The third kappa shape index (κ3) is 6.07. The molecule has 1 atom stereocenters. The highest BCUT2D eigenvalue weighted by molar-refractivity contribution is 5.80. The first kappa shape index (κ1) is 29.8. The van der Waals surface area contributed by atoms with E-state index < -0.39 is 17.7 Å². The maximum absolute atomic E-state index is 12.7. The van der Waals surface area contributed by atoms with E-state index >= 15 is 0 Å². The Kier molecular flexibility index (Phi) is 7.94. The van der Waals surface area contributed by atoms with Crippen molar-refractivity contribution in [3.05, 3.63) is 78.0 Å². The van der Waals surface area contributed by atoms with Gasteiger partial charge < -0.3 is 24.2 Å². The highest BCUT2D eigenvalue weighted by Crippen LogP contribution is 2.39. The van der Waals surface area contributed by atoms with Crippen molar-refractivity contribution < 1.29 is 24.1 Å². The van der Waals surface area contributed by atoms with E-state index in [9.17, 15) is 9.90 Å².